The summed E-state index contributed by atoms with van der Waals surface area (Å²) < 4.78 is 6.91. The summed E-state index contributed by atoms with van der Waals surface area (Å²) in [6.07, 6.45) is 3.05. The molecular weight excluding hydrogens is 356 g/mol. The topological polar surface area (TPSA) is 112 Å². The molecule has 0 unspecified atom stereocenters. The molecule has 9 heteroatoms. The molecule has 132 valence electrons. The third-order valence-corrected chi connectivity index (χ3v) is 4.26. The number of benzene rings is 1. The highest BCUT2D eigenvalue weighted by atomic mass is 35.5. The molecule has 26 heavy (non-hydrogen) atoms. The van der Waals surface area contributed by atoms with Gasteiger partial charge in [-0.3, -0.25) is 0 Å². The zero-order valence-electron chi connectivity index (χ0n) is 13.9. The van der Waals surface area contributed by atoms with E-state index in [1.807, 2.05) is 10.6 Å². The summed E-state index contributed by atoms with van der Waals surface area (Å²) >= 11 is 6.26. The van der Waals surface area contributed by atoms with Gasteiger partial charge in [0.1, 0.15) is 17.5 Å². The first-order chi connectivity index (χ1) is 12.6. The lowest BCUT2D eigenvalue weighted by Crippen LogP contribution is -2.05. The molecule has 0 atom stereocenters. The molecule has 0 aliphatic carbocycles. The Bertz CT molecular complexity index is 1130. The van der Waals surface area contributed by atoms with E-state index in [0.717, 1.165) is 16.5 Å². The van der Waals surface area contributed by atoms with E-state index in [9.17, 15) is 4.79 Å². The number of fused-ring (bicyclic) bond motifs is 2. The predicted molar refractivity (Wildman–Crippen MR) is 98.1 cm³/mol. The quantitative estimate of drug-likeness (QED) is 0.534. The second-order valence-corrected chi connectivity index (χ2v) is 6.17. The number of nitrogens with two attached hydrogens (primary N) is 1. The number of imidazole rings is 1. The predicted octanol–water partition coefficient (Wildman–Crippen LogP) is 2.77. The summed E-state index contributed by atoms with van der Waals surface area (Å²) in [5.41, 5.74) is 9.09. The number of esters is 1. The number of carbonyl (C=O) groups is 1. The van der Waals surface area contributed by atoms with E-state index in [2.05, 4.69) is 19.9 Å². The third kappa shape index (κ3) is 2.74. The molecule has 0 amide bonds. The van der Waals surface area contributed by atoms with Gasteiger partial charge in [0.2, 0.25) is 0 Å². The molecular formula is C17H15ClN6O2. The van der Waals surface area contributed by atoms with Crippen molar-refractivity contribution in [2.45, 2.75) is 13.5 Å². The van der Waals surface area contributed by atoms with Crippen molar-refractivity contribution in [3.63, 3.8) is 0 Å². The Morgan fingerprint density at radius 3 is 2.96 bits per heavy atom. The fourth-order valence-corrected chi connectivity index (χ4v) is 3.17. The molecule has 0 fully saturated rings. The van der Waals surface area contributed by atoms with Gasteiger partial charge in [0, 0.05) is 10.4 Å². The van der Waals surface area contributed by atoms with Gasteiger partial charge in [-0.1, -0.05) is 11.6 Å². The van der Waals surface area contributed by atoms with Crippen LogP contribution in [0.3, 0.4) is 0 Å². The van der Waals surface area contributed by atoms with Crippen LogP contribution in [0.5, 0.6) is 0 Å². The van der Waals surface area contributed by atoms with Crippen LogP contribution in [0.25, 0.3) is 22.1 Å². The van der Waals surface area contributed by atoms with E-state index in [4.69, 9.17) is 22.1 Å². The molecule has 1 aromatic carbocycles. The van der Waals surface area contributed by atoms with Crippen LogP contribution in [0.15, 0.2) is 30.9 Å². The number of H-pyrrole nitrogens is 1. The molecule has 0 saturated heterocycles. The summed E-state index contributed by atoms with van der Waals surface area (Å²) in [4.78, 5) is 27.6. The molecule has 0 spiro atoms. The summed E-state index contributed by atoms with van der Waals surface area (Å²) in [5.74, 6) is -0.0752. The first kappa shape index (κ1) is 16.3. The number of hydrogen-bond acceptors (Lipinski definition) is 6. The molecule has 8 nitrogen and oxygen atoms in total. The molecule has 3 heterocycles. The Kier molecular flexibility index (Phi) is 3.96. The summed E-state index contributed by atoms with van der Waals surface area (Å²) in [5, 5.41) is 1.40. The van der Waals surface area contributed by atoms with Gasteiger partial charge in [0.15, 0.2) is 11.5 Å². The van der Waals surface area contributed by atoms with Crippen LogP contribution in [-0.4, -0.2) is 37.1 Å². The molecule has 4 rings (SSSR count). The van der Waals surface area contributed by atoms with Crippen LogP contribution in [0.2, 0.25) is 5.02 Å². The Morgan fingerprint density at radius 2 is 2.15 bits per heavy atom. The molecule has 0 saturated carbocycles. The molecule has 3 aromatic heterocycles. The summed E-state index contributed by atoms with van der Waals surface area (Å²) in [6, 6.07) is 5.37. The van der Waals surface area contributed by atoms with Gasteiger partial charge in [-0.05, 0) is 30.7 Å². The number of anilines is 1. The Labute approximate surface area is 153 Å². The highest BCUT2D eigenvalue weighted by molar-refractivity contribution is 6.31. The van der Waals surface area contributed by atoms with Crippen LogP contribution in [0, 0.1) is 0 Å². The number of nitrogens with one attached hydrogen (secondary N) is 1. The lowest BCUT2D eigenvalue weighted by molar-refractivity contribution is 0.0520. The number of aromatic amines is 1. The van der Waals surface area contributed by atoms with E-state index in [1.165, 1.54) is 6.33 Å². The minimum absolute atomic E-state index is 0.309. The number of halogens is 1. The number of ether oxygens (including phenoxy) is 1. The van der Waals surface area contributed by atoms with Crippen molar-refractivity contribution in [3.8, 4) is 0 Å². The number of nitrogen functional groups attached to an aromatic ring is 1. The number of hydrogen-bond donors (Lipinski definition) is 2. The van der Waals surface area contributed by atoms with Crippen molar-refractivity contribution < 1.29 is 9.53 Å². The van der Waals surface area contributed by atoms with Crippen LogP contribution < -0.4 is 5.73 Å². The van der Waals surface area contributed by atoms with E-state index in [0.29, 0.717) is 40.8 Å². The van der Waals surface area contributed by atoms with E-state index < -0.39 is 5.97 Å². The normalized spacial score (nSPS) is 11.3. The van der Waals surface area contributed by atoms with Crippen LogP contribution in [-0.2, 0) is 11.3 Å². The zero-order chi connectivity index (χ0) is 18.3. The largest absolute Gasteiger partial charge is 0.461 e. The zero-order valence-corrected chi connectivity index (χ0v) is 14.6. The minimum atomic E-state index is -0.403. The van der Waals surface area contributed by atoms with Gasteiger partial charge < -0.3 is 20.0 Å². The van der Waals surface area contributed by atoms with Crippen LogP contribution in [0.4, 0.5) is 5.82 Å². The van der Waals surface area contributed by atoms with Crippen LogP contribution in [0.1, 0.15) is 23.0 Å². The lowest BCUT2D eigenvalue weighted by Gasteiger charge is -2.07. The third-order valence-electron chi connectivity index (χ3n) is 4.04. The van der Waals surface area contributed by atoms with Crippen LogP contribution >= 0.6 is 11.6 Å². The summed E-state index contributed by atoms with van der Waals surface area (Å²) in [7, 11) is 0. The molecule has 0 radical (unpaired) electrons. The maximum Gasteiger partial charge on any atom is 0.354 e. The lowest BCUT2D eigenvalue weighted by atomic mass is 10.1. The summed E-state index contributed by atoms with van der Waals surface area (Å²) in [6.45, 7) is 2.53. The number of rotatable bonds is 4. The average molecular weight is 371 g/mol. The van der Waals surface area contributed by atoms with Crippen molar-refractivity contribution >= 4 is 45.5 Å². The van der Waals surface area contributed by atoms with Crippen molar-refractivity contribution in [2.24, 2.45) is 0 Å². The minimum Gasteiger partial charge on any atom is -0.461 e. The molecule has 0 aliphatic heterocycles. The van der Waals surface area contributed by atoms with Crippen molar-refractivity contribution in [1.29, 1.82) is 0 Å². The standard InChI is InChI=1S/C17H15ClN6O2/c1-2-26-17(25)12-5-9-3-11(18)4-10(13(9)23-12)6-24-8-22-14-15(19)20-7-21-16(14)24/h3-5,7-8,23H,2,6H2,1H3,(H2,19,20,21). The van der Waals surface area contributed by atoms with E-state index in [1.54, 1.807) is 25.4 Å². The first-order valence-electron chi connectivity index (χ1n) is 7.96. The average Bonchev–Trinajstić information content (AvgIpc) is 3.20. The Morgan fingerprint density at radius 1 is 1.31 bits per heavy atom. The van der Waals surface area contributed by atoms with E-state index >= 15 is 0 Å². The fraction of sp³-hybridized carbons (Fsp3) is 0.176. The molecule has 4 aromatic rings. The van der Waals surface area contributed by atoms with Gasteiger partial charge >= 0.3 is 5.97 Å². The van der Waals surface area contributed by atoms with Gasteiger partial charge in [0.25, 0.3) is 0 Å². The van der Waals surface area contributed by atoms with Crippen molar-refractivity contribution in [1.82, 2.24) is 24.5 Å². The number of carbonyl (C=O) groups excluding carboxylic acids is 1. The highest BCUT2D eigenvalue weighted by Gasteiger charge is 2.15. The number of aromatic nitrogens is 5. The fourth-order valence-electron chi connectivity index (χ4n) is 2.92. The maximum absolute atomic E-state index is 12.0. The maximum atomic E-state index is 12.0. The van der Waals surface area contributed by atoms with E-state index in [-0.39, 0.29) is 0 Å². The first-order valence-corrected chi connectivity index (χ1v) is 8.34. The molecule has 0 bridgehead atoms. The Balaban J connectivity index is 1.80. The highest BCUT2D eigenvalue weighted by Crippen LogP contribution is 2.27. The monoisotopic (exact) mass is 370 g/mol. The molecule has 3 N–H and O–H groups in total. The van der Waals surface area contributed by atoms with Gasteiger partial charge in [-0.25, -0.2) is 19.7 Å². The van der Waals surface area contributed by atoms with Gasteiger partial charge in [0.05, 0.1) is 25.0 Å². The van der Waals surface area contributed by atoms with Gasteiger partial charge in [-0.15, -0.1) is 0 Å². The Hall–Kier alpha value is -3.13. The molecule has 0 aliphatic rings. The number of nitrogens with zero attached hydrogens (tertiary/aromatic N) is 4. The van der Waals surface area contributed by atoms with Crippen molar-refractivity contribution in [3.05, 3.63) is 47.1 Å². The second-order valence-electron chi connectivity index (χ2n) is 5.74. The smallest absolute Gasteiger partial charge is 0.354 e. The SMILES string of the molecule is CCOC(=O)c1cc2cc(Cl)cc(Cn3cnc4c(N)ncnc43)c2[nH]1. The van der Waals surface area contributed by atoms with Crippen molar-refractivity contribution in [2.75, 3.05) is 12.3 Å². The second kappa shape index (κ2) is 6.30. The van der Waals surface area contributed by atoms with Gasteiger partial charge in [-0.2, -0.15) is 0 Å².